The fraction of sp³-hybridized carbons (Fsp3) is 0.947. The second-order valence-electron chi connectivity index (χ2n) is 6.67. The number of carbonyl (C=O) groups is 1. The summed E-state index contributed by atoms with van der Waals surface area (Å²) in [7, 11) is 0. The Balaban J connectivity index is 3.25. The molecule has 0 aliphatic rings. The first-order valence-corrected chi connectivity index (χ1v) is 9.74. The SMILES string of the molecule is CCCCCCCCCCCCCCC[C@@H](O)[C@H](CO)NC=O. The van der Waals surface area contributed by atoms with E-state index in [9.17, 15) is 9.90 Å². The summed E-state index contributed by atoms with van der Waals surface area (Å²) in [6, 6.07) is -0.523. The van der Waals surface area contributed by atoms with Crippen LogP contribution in [0.4, 0.5) is 0 Å². The molecular formula is C19H39NO3. The van der Waals surface area contributed by atoms with Gasteiger partial charge >= 0.3 is 0 Å². The molecule has 0 saturated heterocycles. The van der Waals surface area contributed by atoms with E-state index in [-0.39, 0.29) is 6.61 Å². The average molecular weight is 330 g/mol. The first-order chi connectivity index (χ1) is 11.3. The fourth-order valence-corrected chi connectivity index (χ4v) is 2.95. The van der Waals surface area contributed by atoms with Gasteiger partial charge in [-0.05, 0) is 6.42 Å². The molecule has 4 nitrogen and oxygen atoms in total. The van der Waals surface area contributed by atoms with Crippen LogP contribution in [0.1, 0.15) is 96.8 Å². The molecule has 0 spiro atoms. The van der Waals surface area contributed by atoms with Crippen LogP contribution in [0.25, 0.3) is 0 Å². The van der Waals surface area contributed by atoms with Gasteiger partial charge in [-0.25, -0.2) is 0 Å². The van der Waals surface area contributed by atoms with Crippen molar-refractivity contribution in [3.63, 3.8) is 0 Å². The van der Waals surface area contributed by atoms with E-state index in [2.05, 4.69) is 12.2 Å². The van der Waals surface area contributed by atoms with Gasteiger partial charge in [-0.1, -0.05) is 90.4 Å². The maximum Gasteiger partial charge on any atom is 0.207 e. The number of rotatable bonds is 18. The van der Waals surface area contributed by atoms with Gasteiger partial charge in [-0.3, -0.25) is 4.79 Å². The molecular weight excluding hydrogens is 290 g/mol. The number of aliphatic hydroxyl groups is 2. The number of hydrogen-bond acceptors (Lipinski definition) is 3. The predicted molar refractivity (Wildman–Crippen MR) is 96.4 cm³/mol. The van der Waals surface area contributed by atoms with Crippen LogP contribution in [-0.2, 0) is 4.79 Å². The highest BCUT2D eigenvalue weighted by atomic mass is 16.3. The van der Waals surface area contributed by atoms with Crippen molar-refractivity contribution in [1.29, 1.82) is 0 Å². The van der Waals surface area contributed by atoms with Gasteiger partial charge in [-0.2, -0.15) is 0 Å². The third-order valence-corrected chi connectivity index (χ3v) is 4.55. The van der Waals surface area contributed by atoms with Crippen molar-refractivity contribution in [1.82, 2.24) is 5.32 Å². The largest absolute Gasteiger partial charge is 0.394 e. The van der Waals surface area contributed by atoms with Gasteiger partial charge in [-0.15, -0.1) is 0 Å². The van der Waals surface area contributed by atoms with Crippen molar-refractivity contribution in [3.8, 4) is 0 Å². The molecule has 0 fully saturated rings. The lowest BCUT2D eigenvalue weighted by molar-refractivity contribution is -0.111. The molecule has 0 aliphatic carbocycles. The molecule has 0 aliphatic heterocycles. The summed E-state index contributed by atoms with van der Waals surface area (Å²) < 4.78 is 0. The standard InChI is InChI=1S/C19H39NO3/c1-2-3-4-5-6-7-8-9-10-11-12-13-14-15-19(23)18(16-21)20-17-22/h17-19,21,23H,2-16H2,1H3,(H,20,22)/t18-,19+/m0/s1. The lowest BCUT2D eigenvalue weighted by atomic mass is 10.0. The van der Waals surface area contributed by atoms with Gasteiger partial charge in [0.15, 0.2) is 0 Å². The molecule has 0 aromatic carbocycles. The first kappa shape index (κ1) is 22.4. The molecule has 1 amide bonds. The predicted octanol–water partition coefficient (Wildman–Crippen LogP) is 3.94. The van der Waals surface area contributed by atoms with E-state index in [1.807, 2.05) is 0 Å². The molecule has 0 radical (unpaired) electrons. The van der Waals surface area contributed by atoms with Crippen molar-refractivity contribution in [2.45, 2.75) is 109 Å². The van der Waals surface area contributed by atoms with Gasteiger partial charge in [0.25, 0.3) is 0 Å². The molecule has 0 aromatic heterocycles. The molecule has 0 aromatic rings. The summed E-state index contributed by atoms with van der Waals surface area (Å²) in [6.45, 7) is 2.05. The molecule has 0 unspecified atom stereocenters. The Morgan fingerprint density at radius 1 is 0.826 bits per heavy atom. The van der Waals surface area contributed by atoms with E-state index in [0.717, 1.165) is 12.8 Å². The van der Waals surface area contributed by atoms with Crippen LogP contribution in [0.2, 0.25) is 0 Å². The summed E-state index contributed by atoms with van der Waals surface area (Å²) in [4.78, 5) is 10.3. The van der Waals surface area contributed by atoms with Crippen molar-refractivity contribution in [2.24, 2.45) is 0 Å². The van der Waals surface area contributed by atoms with Gasteiger partial charge in [0.05, 0.1) is 18.8 Å². The Bertz CT molecular complexity index is 249. The number of carbonyl (C=O) groups excluding carboxylic acids is 1. The van der Waals surface area contributed by atoms with Crippen molar-refractivity contribution in [3.05, 3.63) is 0 Å². The minimum Gasteiger partial charge on any atom is -0.394 e. The smallest absolute Gasteiger partial charge is 0.207 e. The van der Waals surface area contributed by atoms with Gasteiger partial charge in [0.2, 0.25) is 6.41 Å². The van der Waals surface area contributed by atoms with Gasteiger partial charge in [0.1, 0.15) is 0 Å². The second-order valence-corrected chi connectivity index (χ2v) is 6.67. The molecule has 4 heteroatoms. The Morgan fingerprint density at radius 3 is 1.65 bits per heavy atom. The third-order valence-electron chi connectivity index (χ3n) is 4.55. The Labute approximate surface area is 143 Å². The van der Waals surface area contributed by atoms with Gasteiger partial charge < -0.3 is 15.5 Å². The zero-order valence-corrected chi connectivity index (χ0v) is 15.1. The number of hydrogen-bond donors (Lipinski definition) is 3. The van der Waals surface area contributed by atoms with Crippen LogP contribution in [0.3, 0.4) is 0 Å². The second kappa shape index (κ2) is 17.7. The Kier molecular flexibility index (Phi) is 17.3. The normalized spacial score (nSPS) is 13.7. The summed E-state index contributed by atoms with van der Waals surface area (Å²) in [5.74, 6) is 0. The van der Waals surface area contributed by atoms with Crippen LogP contribution in [0.15, 0.2) is 0 Å². The zero-order chi connectivity index (χ0) is 17.2. The molecule has 0 saturated carbocycles. The first-order valence-electron chi connectivity index (χ1n) is 9.74. The number of aliphatic hydroxyl groups excluding tert-OH is 2. The van der Waals surface area contributed by atoms with Crippen molar-refractivity contribution >= 4 is 6.41 Å². The lowest BCUT2D eigenvalue weighted by Gasteiger charge is -2.19. The van der Waals surface area contributed by atoms with Crippen LogP contribution in [-0.4, -0.2) is 35.4 Å². The lowest BCUT2D eigenvalue weighted by Crippen LogP contribution is -2.42. The Hall–Kier alpha value is -0.610. The summed E-state index contributed by atoms with van der Waals surface area (Å²) in [6.07, 6.45) is 17.5. The fourth-order valence-electron chi connectivity index (χ4n) is 2.95. The summed E-state index contributed by atoms with van der Waals surface area (Å²) in [5.41, 5.74) is 0. The highest BCUT2D eigenvalue weighted by molar-refractivity contribution is 5.46. The van der Waals surface area contributed by atoms with Crippen LogP contribution in [0, 0.1) is 0 Å². The van der Waals surface area contributed by atoms with E-state index >= 15 is 0 Å². The number of unbranched alkanes of at least 4 members (excludes halogenated alkanes) is 12. The molecule has 23 heavy (non-hydrogen) atoms. The van der Waals surface area contributed by atoms with E-state index in [1.165, 1.54) is 70.6 Å². The topological polar surface area (TPSA) is 69.6 Å². The van der Waals surface area contributed by atoms with Crippen molar-refractivity contribution < 1.29 is 15.0 Å². The van der Waals surface area contributed by atoms with Crippen LogP contribution in [0.5, 0.6) is 0 Å². The monoisotopic (exact) mass is 329 g/mol. The van der Waals surface area contributed by atoms with E-state index in [1.54, 1.807) is 0 Å². The van der Waals surface area contributed by atoms with Crippen LogP contribution < -0.4 is 5.32 Å². The van der Waals surface area contributed by atoms with Crippen molar-refractivity contribution in [2.75, 3.05) is 6.61 Å². The molecule has 0 rings (SSSR count). The zero-order valence-electron chi connectivity index (χ0n) is 15.1. The molecule has 138 valence electrons. The average Bonchev–Trinajstić information content (AvgIpc) is 2.56. The molecule has 0 bridgehead atoms. The Morgan fingerprint density at radius 2 is 1.26 bits per heavy atom. The number of amides is 1. The minimum absolute atomic E-state index is 0.210. The van der Waals surface area contributed by atoms with E-state index < -0.39 is 12.1 Å². The molecule has 3 N–H and O–H groups in total. The summed E-state index contributed by atoms with van der Waals surface area (Å²) in [5, 5.41) is 21.3. The maximum atomic E-state index is 10.3. The highest BCUT2D eigenvalue weighted by Crippen LogP contribution is 2.13. The third kappa shape index (κ3) is 14.7. The minimum atomic E-state index is -0.641. The number of nitrogens with one attached hydrogen (secondary N) is 1. The van der Waals surface area contributed by atoms with Crippen LogP contribution >= 0.6 is 0 Å². The van der Waals surface area contributed by atoms with Gasteiger partial charge in [0, 0.05) is 0 Å². The van der Waals surface area contributed by atoms with E-state index in [0.29, 0.717) is 12.8 Å². The molecule has 2 atom stereocenters. The van der Waals surface area contributed by atoms with E-state index in [4.69, 9.17) is 5.11 Å². The molecule has 0 heterocycles. The highest BCUT2D eigenvalue weighted by Gasteiger charge is 2.16. The maximum absolute atomic E-state index is 10.3. The summed E-state index contributed by atoms with van der Waals surface area (Å²) >= 11 is 0. The quantitative estimate of drug-likeness (QED) is 0.263.